The first-order chi connectivity index (χ1) is 10.9. The van der Waals surface area contributed by atoms with Crippen molar-refractivity contribution in [2.45, 2.75) is 26.0 Å². The molecule has 0 saturated heterocycles. The average molecular weight is 313 g/mol. The predicted octanol–water partition coefficient (Wildman–Crippen LogP) is 2.95. The number of rotatable bonds is 6. The van der Waals surface area contributed by atoms with Crippen LogP contribution in [-0.4, -0.2) is 29.6 Å². The molecule has 0 bridgehead atoms. The Balaban J connectivity index is 1.86. The predicted molar refractivity (Wildman–Crippen MR) is 90.1 cm³/mol. The lowest BCUT2D eigenvalue weighted by molar-refractivity contribution is -0.132. The zero-order valence-electron chi connectivity index (χ0n) is 13.8. The van der Waals surface area contributed by atoms with E-state index in [-0.39, 0.29) is 12.5 Å². The molecule has 2 aromatic carbocycles. The molecule has 122 valence electrons. The molecule has 1 amide bonds. The number of ether oxygens (including phenoxy) is 1. The van der Waals surface area contributed by atoms with E-state index in [1.807, 2.05) is 30.3 Å². The molecule has 0 aromatic heterocycles. The molecule has 0 aliphatic carbocycles. The molecule has 0 atom stereocenters. The van der Waals surface area contributed by atoms with Crippen molar-refractivity contribution in [1.82, 2.24) is 4.90 Å². The van der Waals surface area contributed by atoms with Crippen molar-refractivity contribution >= 4 is 5.91 Å². The van der Waals surface area contributed by atoms with E-state index in [0.29, 0.717) is 12.3 Å². The van der Waals surface area contributed by atoms with E-state index in [9.17, 15) is 9.90 Å². The van der Waals surface area contributed by atoms with E-state index in [4.69, 9.17) is 4.74 Å². The summed E-state index contributed by atoms with van der Waals surface area (Å²) in [5.41, 5.74) is 1.000. The first-order valence-corrected chi connectivity index (χ1v) is 7.60. The van der Waals surface area contributed by atoms with Crippen LogP contribution >= 0.6 is 0 Å². The zero-order valence-corrected chi connectivity index (χ0v) is 13.8. The monoisotopic (exact) mass is 313 g/mol. The Morgan fingerprint density at radius 3 is 2.26 bits per heavy atom. The van der Waals surface area contributed by atoms with Crippen molar-refractivity contribution in [3.63, 3.8) is 0 Å². The Labute approximate surface area is 137 Å². The van der Waals surface area contributed by atoms with E-state index >= 15 is 0 Å². The summed E-state index contributed by atoms with van der Waals surface area (Å²) in [6.07, 6.45) is 0. The maximum absolute atomic E-state index is 12.1. The Hall–Kier alpha value is -2.33. The van der Waals surface area contributed by atoms with Gasteiger partial charge in [0.05, 0.1) is 5.60 Å². The number of benzene rings is 2. The van der Waals surface area contributed by atoms with Crippen LogP contribution in [-0.2, 0) is 16.9 Å². The van der Waals surface area contributed by atoms with Crippen molar-refractivity contribution in [1.29, 1.82) is 0 Å². The molecular formula is C19H23NO3. The highest BCUT2D eigenvalue weighted by Crippen LogP contribution is 2.22. The van der Waals surface area contributed by atoms with Crippen molar-refractivity contribution in [3.8, 4) is 5.75 Å². The SMILES string of the molecule is CN(Cc1ccccc1)C(=O)COc1ccc(C(C)(C)O)cc1. The number of nitrogens with zero attached hydrogens (tertiary/aromatic N) is 1. The second-order valence-corrected chi connectivity index (χ2v) is 6.11. The molecule has 4 nitrogen and oxygen atoms in total. The molecule has 0 aliphatic heterocycles. The van der Waals surface area contributed by atoms with Crippen molar-refractivity contribution in [3.05, 3.63) is 65.7 Å². The fourth-order valence-electron chi connectivity index (χ4n) is 2.16. The zero-order chi connectivity index (χ0) is 16.9. The Bertz CT molecular complexity index is 630. The van der Waals surface area contributed by atoms with Gasteiger partial charge in [-0.1, -0.05) is 42.5 Å². The van der Waals surface area contributed by atoms with Gasteiger partial charge in [-0.15, -0.1) is 0 Å². The first-order valence-electron chi connectivity index (χ1n) is 7.60. The molecule has 4 heteroatoms. The van der Waals surface area contributed by atoms with Crippen LogP contribution in [0.25, 0.3) is 0 Å². The van der Waals surface area contributed by atoms with Gasteiger partial charge in [0, 0.05) is 13.6 Å². The van der Waals surface area contributed by atoms with Crippen LogP contribution in [0, 0.1) is 0 Å². The maximum Gasteiger partial charge on any atom is 0.260 e. The molecule has 0 saturated carbocycles. The Kier molecular flexibility index (Phi) is 5.40. The summed E-state index contributed by atoms with van der Waals surface area (Å²) in [4.78, 5) is 13.7. The third kappa shape index (κ3) is 5.11. The lowest BCUT2D eigenvalue weighted by Crippen LogP contribution is -2.30. The van der Waals surface area contributed by atoms with Crippen LogP contribution in [0.4, 0.5) is 0 Å². The van der Waals surface area contributed by atoms with E-state index in [1.54, 1.807) is 50.1 Å². The molecule has 2 rings (SSSR count). The third-order valence-corrected chi connectivity index (χ3v) is 3.61. The fourth-order valence-corrected chi connectivity index (χ4v) is 2.16. The number of carbonyl (C=O) groups is 1. The van der Waals surface area contributed by atoms with Gasteiger partial charge in [0.2, 0.25) is 0 Å². The van der Waals surface area contributed by atoms with E-state index < -0.39 is 5.60 Å². The normalized spacial score (nSPS) is 11.1. The van der Waals surface area contributed by atoms with Crippen LogP contribution in [0.15, 0.2) is 54.6 Å². The molecule has 0 fully saturated rings. The number of amides is 1. The van der Waals surface area contributed by atoms with E-state index in [1.165, 1.54) is 0 Å². The largest absolute Gasteiger partial charge is 0.484 e. The number of aliphatic hydroxyl groups is 1. The van der Waals surface area contributed by atoms with Gasteiger partial charge in [-0.05, 0) is 37.1 Å². The summed E-state index contributed by atoms with van der Waals surface area (Å²) in [6.45, 7) is 4.00. The molecule has 0 aliphatic rings. The summed E-state index contributed by atoms with van der Waals surface area (Å²) in [7, 11) is 1.76. The van der Waals surface area contributed by atoms with Gasteiger partial charge < -0.3 is 14.7 Å². The van der Waals surface area contributed by atoms with Gasteiger partial charge in [-0.3, -0.25) is 4.79 Å². The average Bonchev–Trinajstić information content (AvgIpc) is 2.53. The molecule has 2 aromatic rings. The van der Waals surface area contributed by atoms with Gasteiger partial charge in [0.15, 0.2) is 6.61 Å². The van der Waals surface area contributed by atoms with Gasteiger partial charge in [0.1, 0.15) is 5.75 Å². The van der Waals surface area contributed by atoms with Crippen LogP contribution in [0.5, 0.6) is 5.75 Å². The molecule has 0 unspecified atom stereocenters. The minimum absolute atomic E-state index is 0.00873. The number of hydrogen-bond donors (Lipinski definition) is 1. The lowest BCUT2D eigenvalue weighted by Gasteiger charge is -2.19. The van der Waals surface area contributed by atoms with Gasteiger partial charge in [-0.25, -0.2) is 0 Å². The van der Waals surface area contributed by atoms with Crippen molar-refractivity contribution in [2.24, 2.45) is 0 Å². The first kappa shape index (κ1) is 17.0. The highest BCUT2D eigenvalue weighted by Gasteiger charge is 2.15. The Morgan fingerprint density at radius 2 is 1.70 bits per heavy atom. The molecule has 23 heavy (non-hydrogen) atoms. The summed E-state index contributed by atoms with van der Waals surface area (Å²) in [5.74, 6) is 0.528. The molecular weight excluding hydrogens is 290 g/mol. The minimum Gasteiger partial charge on any atom is -0.484 e. The van der Waals surface area contributed by atoms with Crippen LogP contribution in [0.2, 0.25) is 0 Å². The topological polar surface area (TPSA) is 49.8 Å². The summed E-state index contributed by atoms with van der Waals surface area (Å²) in [6, 6.07) is 16.9. The summed E-state index contributed by atoms with van der Waals surface area (Å²) < 4.78 is 5.52. The van der Waals surface area contributed by atoms with Gasteiger partial charge >= 0.3 is 0 Å². The van der Waals surface area contributed by atoms with E-state index in [2.05, 4.69) is 0 Å². The molecule has 0 radical (unpaired) electrons. The highest BCUT2D eigenvalue weighted by atomic mass is 16.5. The number of likely N-dealkylation sites (N-methyl/N-ethyl adjacent to an activating group) is 1. The molecule has 0 spiro atoms. The minimum atomic E-state index is -0.885. The highest BCUT2D eigenvalue weighted by molar-refractivity contribution is 5.77. The van der Waals surface area contributed by atoms with Crippen molar-refractivity contribution in [2.75, 3.05) is 13.7 Å². The smallest absolute Gasteiger partial charge is 0.260 e. The second-order valence-electron chi connectivity index (χ2n) is 6.11. The van der Waals surface area contributed by atoms with Crippen LogP contribution in [0.1, 0.15) is 25.0 Å². The van der Waals surface area contributed by atoms with Gasteiger partial charge in [-0.2, -0.15) is 0 Å². The quantitative estimate of drug-likeness (QED) is 0.892. The van der Waals surface area contributed by atoms with Crippen LogP contribution < -0.4 is 4.74 Å². The Morgan fingerprint density at radius 1 is 1.09 bits per heavy atom. The number of carbonyl (C=O) groups excluding carboxylic acids is 1. The summed E-state index contributed by atoms with van der Waals surface area (Å²) >= 11 is 0. The molecule has 1 N–H and O–H groups in total. The van der Waals surface area contributed by atoms with Gasteiger partial charge in [0.25, 0.3) is 5.91 Å². The summed E-state index contributed by atoms with van der Waals surface area (Å²) in [5, 5.41) is 9.91. The van der Waals surface area contributed by atoms with E-state index in [0.717, 1.165) is 11.1 Å². The number of hydrogen-bond acceptors (Lipinski definition) is 3. The maximum atomic E-state index is 12.1. The standard InChI is InChI=1S/C19H23NO3/c1-19(2,22)16-9-11-17(12-10-16)23-14-18(21)20(3)13-15-7-5-4-6-8-15/h4-12,22H,13-14H2,1-3H3. The second kappa shape index (κ2) is 7.29. The van der Waals surface area contributed by atoms with Crippen LogP contribution in [0.3, 0.4) is 0 Å². The van der Waals surface area contributed by atoms with Crippen molar-refractivity contribution < 1.29 is 14.6 Å². The fraction of sp³-hybridized carbons (Fsp3) is 0.316. The molecule has 0 heterocycles. The third-order valence-electron chi connectivity index (χ3n) is 3.61. The lowest BCUT2D eigenvalue weighted by atomic mass is 9.99.